The van der Waals surface area contributed by atoms with Crippen LogP contribution in [0.1, 0.15) is 108 Å². The summed E-state index contributed by atoms with van der Waals surface area (Å²) in [5, 5.41) is 2.00. The van der Waals surface area contributed by atoms with E-state index >= 15 is 0 Å². The number of aromatic nitrogens is 1. The van der Waals surface area contributed by atoms with E-state index in [2.05, 4.69) is 6.92 Å². The molecule has 6 nitrogen and oxygen atoms in total. The van der Waals surface area contributed by atoms with E-state index in [0.717, 1.165) is 18.4 Å². The Hall–Kier alpha value is -2.34. The maximum absolute atomic E-state index is 12.8. The van der Waals surface area contributed by atoms with Crippen molar-refractivity contribution in [1.82, 2.24) is 0 Å². The number of phosphoric acid groups is 1. The van der Waals surface area contributed by atoms with Gasteiger partial charge in [-0.3, -0.25) is 4.89 Å². The highest BCUT2D eigenvalue weighted by atomic mass is 32.1. The van der Waals surface area contributed by atoms with Crippen LogP contribution in [0.5, 0.6) is 17.2 Å². The van der Waals surface area contributed by atoms with Crippen molar-refractivity contribution in [3.05, 3.63) is 70.7 Å². The number of benzene rings is 2. The second kappa shape index (κ2) is 19.0. The minimum atomic E-state index is -4.40. The predicted molar refractivity (Wildman–Crippen MR) is 168 cm³/mol. The van der Waals surface area contributed by atoms with Crippen LogP contribution in [0.4, 0.5) is 0 Å². The Balaban J connectivity index is 1.32. The van der Waals surface area contributed by atoms with Crippen LogP contribution in [0.25, 0.3) is 0 Å². The molecule has 0 aliphatic rings. The van der Waals surface area contributed by atoms with Gasteiger partial charge in [0.1, 0.15) is 17.2 Å². The number of phosphoric ester groups is 1. The fourth-order valence-corrected chi connectivity index (χ4v) is 6.33. The normalized spacial score (nSPS) is 12.7. The topological polar surface area (TPSA) is 68.9 Å². The molecule has 0 bridgehead atoms. The Morgan fingerprint density at radius 1 is 0.805 bits per heavy atom. The van der Waals surface area contributed by atoms with Crippen molar-refractivity contribution in [1.29, 1.82) is 0 Å². The van der Waals surface area contributed by atoms with Gasteiger partial charge in [-0.15, -0.1) is 0 Å². The van der Waals surface area contributed by atoms with Gasteiger partial charge in [0.05, 0.1) is 12.0 Å². The van der Waals surface area contributed by atoms with E-state index in [4.69, 9.17) is 13.8 Å². The van der Waals surface area contributed by atoms with Crippen molar-refractivity contribution >= 4 is 19.2 Å². The average Bonchev–Trinajstić information content (AvgIpc) is 3.45. The van der Waals surface area contributed by atoms with E-state index in [1.165, 1.54) is 77.0 Å². The monoisotopic (exact) mass is 602 g/mol. The lowest BCUT2D eigenvalue weighted by Crippen LogP contribution is -2.30. The van der Waals surface area contributed by atoms with Gasteiger partial charge in [-0.05, 0) is 37.6 Å². The van der Waals surface area contributed by atoms with E-state index in [1.54, 1.807) is 41.7 Å². The Morgan fingerprint density at radius 3 is 2.05 bits per heavy atom. The number of hydrogen-bond donors (Lipinski definition) is 1. The third kappa shape index (κ3) is 13.5. The molecule has 0 fully saturated rings. The highest BCUT2D eigenvalue weighted by Crippen LogP contribution is 2.46. The summed E-state index contributed by atoms with van der Waals surface area (Å²) in [4.78, 5) is 10.5. The minimum absolute atomic E-state index is 0.277. The summed E-state index contributed by atoms with van der Waals surface area (Å²) >= 11 is 1.61. The Morgan fingerprint density at radius 2 is 1.41 bits per heavy atom. The van der Waals surface area contributed by atoms with Crippen LogP contribution in [-0.2, 0) is 11.1 Å². The van der Waals surface area contributed by atoms with Gasteiger partial charge < -0.3 is 13.8 Å². The molecule has 1 unspecified atom stereocenters. The number of rotatable bonds is 22. The quantitative estimate of drug-likeness (QED) is 0.0704. The molecular weight excluding hydrogens is 553 g/mol. The number of ether oxygens (including phenoxy) is 1. The van der Waals surface area contributed by atoms with Crippen LogP contribution in [0, 0.1) is 6.92 Å². The first-order chi connectivity index (χ1) is 20.0. The van der Waals surface area contributed by atoms with Gasteiger partial charge in [0.25, 0.3) is 0 Å². The summed E-state index contributed by atoms with van der Waals surface area (Å²) in [5.41, 5.74) is 3.64. The van der Waals surface area contributed by atoms with Crippen LogP contribution in [0.15, 0.2) is 59.6 Å². The smallest absolute Gasteiger partial charge is 0.493 e. The van der Waals surface area contributed by atoms with Crippen LogP contribution in [0.2, 0.25) is 0 Å². The maximum Gasteiger partial charge on any atom is 0.584 e. The maximum atomic E-state index is 12.8. The molecule has 3 rings (SSSR count). The number of nitrogens with zero attached hydrogens (tertiary/aromatic N) is 1. The van der Waals surface area contributed by atoms with Crippen molar-refractivity contribution in [2.45, 2.75) is 110 Å². The molecule has 0 saturated carbocycles. The first kappa shape index (κ1) is 33.2. The summed E-state index contributed by atoms with van der Waals surface area (Å²) < 4.78 is 31.7. The molecule has 1 N–H and O–H groups in total. The largest absolute Gasteiger partial charge is 0.584 e. The summed E-state index contributed by atoms with van der Waals surface area (Å²) in [7, 11) is -4.40. The molecule has 0 spiro atoms. The van der Waals surface area contributed by atoms with E-state index in [-0.39, 0.29) is 11.5 Å². The third-order valence-corrected chi connectivity index (χ3v) is 8.76. The van der Waals surface area contributed by atoms with E-state index < -0.39 is 7.82 Å². The fraction of sp³-hybridized carbons (Fsp3) is 0.545. The summed E-state index contributed by atoms with van der Waals surface area (Å²) in [6.07, 6.45) is 20.4. The van der Waals surface area contributed by atoms with Gasteiger partial charge >= 0.3 is 7.82 Å². The Bertz CT molecular complexity index is 1170. The highest BCUT2D eigenvalue weighted by Gasteiger charge is 2.27. The Kier molecular flexibility index (Phi) is 15.3. The van der Waals surface area contributed by atoms with Gasteiger partial charge in [-0.2, -0.15) is 4.57 Å². The summed E-state index contributed by atoms with van der Waals surface area (Å²) in [5.74, 6) is 1.22. The van der Waals surface area contributed by atoms with Crippen molar-refractivity contribution < 1.29 is 27.8 Å². The van der Waals surface area contributed by atoms with Gasteiger partial charge in [0.15, 0.2) is 12.7 Å². The van der Waals surface area contributed by atoms with Crippen LogP contribution < -0.4 is 18.4 Å². The number of hydrogen-bond acceptors (Lipinski definition) is 5. The first-order valence-corrected chi connectivity index (χ1v) is 17.9. The molecule has 0 aliphatic carbocycles. The van der Waals surface area contributed by atoms with E-state index in [0.29, 0.717) is 24.5 Å². The first-order valence-electron chi connectivity index (χ1n) is 15.4. The van der Waals surface area contributed by atoms with Crippen molar-refractivity contribution in [2.24, 2.45) is 0 Å². The standard InChI is InChI=1S/C33H48NO5PS/c1-3-4-5-6-7-8-9-10-11-12-13-14-15-16-24-37-32-21-18-22-33(29(32)2)39-40(35,36)38-31-20-17-19-30(26-31)27-34-23-25-41-28-34/h17-23,25-26,28H,3-16,24,27H2,1-2H3/p+1. The van der Waals surface area contributed by atoms with Gasteiger partial charge in [-0.25, -0.2) is 4.57 Å². The molecule has 226 valence electrons. The molecule has 8 heteroatoms. The minimum Gasteiger partial charge on any atom is -0.493 e. The van der Waals surface area contributed by atoms with E-state index in [9.17, 15) is 9.46 Å². The number of unbranched alkanes of at least 4 members (excludes halogenated alkanes) is 13. The van der Waals surface area contributed by atoms with Crippen molar-refractivity contribution in [3.8, 4) is 17.2 Å². The molecule has 0 aliphatic heterocycles. The van der Waals surface area contributed by atoms with Crippen LogP contribution in [-0.4, -0.2) is 11.5 Å². The molecular formula is C33H49NO5PS+. The third-order valence-electron chi connectivity index (χ3n) is 7.22. The highest BCUT2D eigenvalue weighted by molar-refractivity contribution is 7.48. The average molecular weight is 603 g/mol. The fourth-order valence-electron chi connectivity index (χ4n) is 4.87. The molecule has 2 aromatic carbocycles. The lowest BCUT2D eigenvalue weighted by atomic mass is 10.0. The van der Waals surface area contributed by atoms with Gasteiger partial charge in [-0.1, -0.05) is 120 Å². The second-order valence-electron chi connectivity index (χ2n) is 10.8. The molecule has 0 radical (unpaired) electrons. The molecule has 0 amide bonds. The lowest BCUT2D eigenvalue weighted by Gasteiger charge is -2.17. The molecule has 3 aromatic rings. The summed E-state index contributed by atoms with van der Waals surface area (Å²) in [6, 6.07) is 12.4. The molecule has 1 atom stereocenters. The zero-order valence-corrected chi connectivity index (χ0v) is 26.7. The molecule has 1 aromatic heterocycles. The predicted octanol–water partition coefficient (Wildman–Crippen LogP) is 9.81. The SMILES string of the molecule is CCCCCCCCCCCCCCCCOc1cccc(OP(=O)(O)Oc2cccc(C[n+]3ccsc3)c2)c1C. The molecule has 0 saturated heterocycles. The second-order valence-corrected chi connectivity index (χ2v) is 12.9. The zero-order valence-electron chi connectivity index (χ0n) is 25.0. The van der Waals surface area contributed by atoms with Crippen molar-refractivity contribution in [2.75, 3.05) is 6.61 Å². The lowest BCUT2D eigenvalue weighted by molar-refractivity contribution is -0.683. The van der Waals surface area contributed by atoms with Gasteiger partial charge in [0.2, 0.25) is 5.51 Å². The van der Waals surface area contributed by atoms with Crippen LogP contribution in [0.3, 0.4) is 0 Å². The van der Waals surface area contributed by atoms with Gasteiger partial charge in [0, 0.05) is 11.1 Å². The van der Waals surface area contributed by atoms with Crippen molar-refractivity contribution in [3.63, 3.8) is 0 Å². The molecule has 41 heavy (non-hydrogen) atoms. The van der Waals surface area contributed by atoms with Crippen LogP contribution >= 0.6 is 19.2 Å². The Labute approximate surface area is 251 Å². The van der Waals surface area contributed by atoms with E-state index in [1.807, 2.05) is 40.7 Å². The molecule has 1 heterocycles. The number of thiazole rings is 1. The zero-order chi connectivity index (χ0) is 29.2. The summed E-state index contributed by atoms with van der Waals surface area (Å²) in [6.45, 7) is 5.36.